The number of halogens is 1. The molecule has 2 atom stereocenters. The molecule has 7 heteroatoms. The van der Waals surface area contributed by atoms with Crippen LogP contribution >= 0.6 is 11.6 Å². The standard InChI is InChI=1S/C24H23ClN2O3S/c1-17(18-6-4-3-5-7-18)24(28)16-27(21-12-14-22(15-13-21)31(2,29)30)23(26-24)19-8-10-20(25)11-9-19/h3-15,17,28H,16H2,1-2H3. The average molecular weight is 455 g/mol. The van der Waals surface area contributed by atoms with Gasteiger partial charge in [0.05, 0.1) is 11.4 Å². The Labute approximate surface area is 187 Å². The van der Waals surface area contributed by atoms with Crippen LogP contribution in [0.25, 0.3) is 0 Å². The number of anilines is 1. The molecule has 1 aliphatic heterocycles. The quantitative estimate of drug-likeness (QED) is 0.616. The highest BCUT2D eigenvalue weighted by Gasteiger charge is 2.43. The van der Waals surface area contributed by atoms with Gasteiger partial charge in [-0.25, -0.2) is 13.4 Å². The molecule has 0 aromatic heterocycles. The second-order valence-corrected chi connectivity index (χ2v) is 10.3. The van der Waals surface area contributed by atoms with E-state index in [2.05, 4.69) is 0 Å². The van der Waals surface area contributed by atoms with Gasteiger partial charge >= 0.3 is 0 Å². The molecule has 0 fully saturated rings. The van der Waals surface area contributed by atoms with Crippen LogP contribution < -0.4 is 4.90 Å². The van der Waals surface area contributed by atoms with E-state index in [1.54, 1.807) is 36.4 Å². The molecule has 0 amide bonds. The highest BCUT2D eigenvalue weighted by atomic mass is 35.5. The summed E-state index contributed by atoms with van der Waals surface area (Å²) < 4.78 is 23.7. The maximum atomic E-state index is 11.8. The monoisotopic (exact) mass is 454 g/mol. The van der Waals surface area contributed by atoms with Crippen molar-refractivity contribution in [3.63, 3.8) is 0 Å². The Balaban J connectivity index is 1.77. The smallest absolute Gasteiger partial charge is 0.183 e. The van der Waals surface area contributed by atoms with Gasteiger partial charge in [-0.2, -0.15) is 0 Å². The molecule has 160 valence electrons. The largest absolute Gasteiger partial charge is 0.367 e. The summed E-state index contributed by atoms with van der Waals surface area (Å²) in [4.78, 5) is 6.92. The van der Waals surface area contributed by atoms with Crippen molar-refractivity contribution < 1.29 is 13.5 Å². The van der Waals surface area contributed by atoms with Gasteiger partial charge in [0.15, 0.2) is 15.6 Å². The first-order valence-electron chi connectivity index (χ1n) is 9.88. The number of benzene rings is 3. The van der Waals surface area contributed by atoms with E-state index < -0.39 is 15.6 Å². The zero-order valence-electron chi connectivity index (χ0n) is 17.2. The molecular weight excluding hydrogens is 432 g/mol. The minimum atomic E-state index is -3.30. The highest BCUT2D eigenvalue weighted by molar-refractivity contribution is 7.90. The van der Waals surface area contributed by atoms with Crippen LogP contribution in [0.2, 0.25) is 5.02 Å². The van der Waals surface area contributed by atoms with Crippen LogP contribution in [0.5, 0.6) is 0 Å². The maximum Gasteiger partial charge on any atom is 0.183 e. The first-order valence-corrected chi connectivity index (χ1v) is 12.1. The third-order valence-corrected chi connectivity index (χ3v) is 7.00. The molecule has 2 unspecified atom stereocenters. The van der Waals surface area contributed by atoms with Crippen LogP contribution in [-0.2, 0) is 9.84 Å². The SMILES string of the molecule is CC(c1ccccc1)C1(O)CN(c2ccc(S(C)(=O)=O)cc2)C(c2ccc(Cl)cc2)=N1. The van der Waals surface area contributed by atoms with Gasteiger partial charge < -0.3 is 10.0 Å². The molecule has 0 saturated carbocycles. The van der Waals surface area contributed by atoms with Crippen molar-refractivity contribution in [2.75, 3.05) is 17.7 Å². The topological polar surface area (TPSA) is 70.0 Å². The number of β-amino-alcohol motifs (C(OH)–C–C–N with tert-alkyl or cyclic N) is 1. The molecule has 3 aromatic rings. The van der Waals surface area contributed by atoms with Gasteiger partial charge in [0.25, 0.3) is 0 Å². The van der Waals surface area contributed by atoms with E-state index in [1.807, 2.05) is 54.3 Å². The molecule has 5 nitrogen and oxygen atoms in total. The zero-order valence-corrected chi connectivity index (χ0v) is 18.8. The summed E-state index contributed by atoms with van der Waals surface area (Å²) in [5.41, 5.74) is 1.19. The van der Waals surface area contributed by atoms with Crippen LogP contribution in [0.15, 0.2) is 88.8 Å². The minimum Gasteiger partial charge on any atom is -0.367 e. The number of hydrogen-bond acceptors (Lipinski definition) is 5. The van der Waals surface area contributed by atoms with Crippen molar-refractivity contribution in [2.24, 2.45) is 4.99 Å². The Bertz CT molecular complexity index is 1210. The lowest BCUT2D eigenvalue weighted by atomic mass is 9.90. The number of rotatable bonds is 5. The molecule has 1 N–H and O–H groups in total. The molecular formula is C24H23ClN2O3S. The van der Waals surface area contributed by atoms with Crippen molar-refractivity contribution in [1.82, 2.24) is 0 Å². The second-order valence-electron chi connectivity index (χ2n) is 7.81. The van der Waals surface area contributed by atoms with E-state index in [0.717, 1.165) is 16.8 Å². The number of aliphatic imine (C=N–C) groups is 1. The summed E-state index contributed by atoms with van der Waals surface area (Å²) in [6.07, 6.45) is 1.18. The summed E-state index contributed by atoms with van der Waals surface area (Å²) in [5.74, 6) is 0.352. The van der Waals surface area contributed by atoms with Crippen LogP contribution in [0, 0.1) is 0 Å². The van der Waals surface area contributed by atoms with Crippen molar-refractivity contribution >= 4 is 33.0 Å². The Hall–Kier alpha value is -2.67. The molecule has 0 bridgehead atoms. The lowest BCUT2D eigenvalue weighted by Crippen LogP contribution is -2.40. The molecule has 0 radical (unpaired) electrons. The summed E-state index contributed by atoms with van der Waals surface area (Å²) >= 11 is 6.06. The fourth-order valence-electron chi connectivity index (χ4n) is 3.74. The van der Waals surface area contributed by atoms with E-state index in [0.29, 0.717) is 10.9 Å². The van der Waals surface area contributed by atoms with E-state index in [4.69, 9.17) is 16.6 Å². The Morgan fingerprint density at radius 1 is 1.00 bits per heavy atom. The van der Waals surface area contributed by atoms with E-state index in [1.165, 1.54) is 6.26 Å². The first-order chi connectivity index (χ1) is 14.7. The van der Waals surface area contributed by atoms with Gasteiger partial charge in [-0.15, -0.1) is 0 Å². The van der Waals surface area contributed by atoms with Crippen LogP contribution in [0.1, 0.15) is 24.0 Å². The average Bonchev–Trinajstić information content (AvgIpc) is 3.13. The van der Waals surface area contributed by atoms with E-state index >= 15 is 0 Å². The predicted octanol–water partition coefficient (Wildman–Crippen LogP) is 4.50. The molecule has 1 aliphatic rings. The van der Waals surface area contributed by atoms with Crippen LogP contribution in [0.3, 0.4) is 0 Å². The van der Waals surface area contributed by atoms with Gasteiger partial charge in [0, 0.05) is 28.4 Å². The van der Waals surface area contributed by atoms with Gasteiger partial charge in [0.2, 0.25) is 0 Å². The van der Waals surface area contributed by atoms with Gasteiger partial charge in [-0.1, -0.05) is 48.9 Å². The number of sulfone groups is 1. The summed E-state index contributed by atoms with van der Waals surface area (Å²) in [6, 6.07) is 23.7. The molecule has 3 aromatic carbocycles. The number of aliphatic hydroxyl groups is 1. The number of amidine groups is 1. The second kappa shape index (κ2) is 8.11. The molecule has 1 heterocycles. The maximum absolute atomic E-state index is 11.8. The van der Waals surface area contributed by atoms with Crippen molar-refractivity contribution in [1.29, 1.82) is 0 Å². The lowest BCUT2D eigenvalue weighted by Gasteiger charge is -2.29. The summed E-state index contributed by atoms with van der Waals surface area (Å²) in [5, 5.41) is 12.2. The lowest BCUT2D eigenvalue weighted by molar-refractivity contribution is 0.0431. The zero-order chi connectivity index (χ0) is 22.2. The van der Waals surface area contributed by atoms with Crippen molar-refractivity contribution in [3.8, 4) is 0 Å². The van der Waals surface area contributed by atoms with Crippen molar-refractivity contribution in [3.05, 3.63) is 95.0 Å². The van der Waals surface area contributed by atoms with E-state index in [-0.39, 0.29) is 17.4 Å². The molecule has 0 spiro atoms. The summed E-state index contributed by atoms with van der Waals surface area (Å²) in [7, 11) is -3.30. The highest BCUT2D eigenvalue weighted by Crippen LogP contribution is 2.37. The fraction of sp³-hybridized carbons (Fsp3) is 0.208. The molecule has 0 aliphatic carbocycles. The Kier molecular flexibility index (Phi) is 5.64. The normalized spacial score (nSPS) is 19.9. The fourth-order valence-corrected chi connectivity index (χ4v) is 4.49. The van der Waals surface area contributed by atoms with Gasteiger partial charge in [0.1, 0.15) is 5.84 Å². The molecule has 0 saturated heterocycles. The minimum absolute atomic E-state index is 0.235. The summed E-state index contributed by atoms with van der Waals surface area (Å²) in [6.45, 7) is 2.19. The number of hydrogen-bond donors (Lipinski definition) is 1. The Morgan fingerprint density at radius 2 is 1.61 bits per heavy atom. The van der Waals surface area contributed by atoms with Gasteiger partial charge in [-0.3, -0.25) is 0 Å². The molecule has 4 rings (SSSR count). The Morgan fingerprint density at radius 3 is 2.19 bits per heavy atom. The van der Waals surface area contributed by atoms with E-state index in [9.17, 15) is 13.5 Å². The van der Waals surface area contributed by atoms with Crippen LogP contribution in [-0.4, -0.2) is 37.9 Å². The third kappa shape index (κ3) is 4.37. The molecule has 31 heavy (non-hydrogen) atoms. The predicted molar refractivity (Wildman–Crippen MR) is 125 cm³/mol. The third-order valence-electron chi connectivity index (χ3n) is 5.62. The van der Waals surface area contributed by atoms with Crippen LogP contribution in [0.4, 0.5) is 5.69 Å². The van der Waals surface area contributed by atoms with Gasteiger partial charge in [-0.05, 0) is 54.1 Å². The number of nitrogens with zero attached hydrogens (tertiary/aromatic N) is 2. The first kappa shape index (κ1) is 21.6. The van der Waals surface area contributed by atoms with Crippen molar-refractivity contribution in [2.45, 2.75) is 23.5 Å².